The van der Waals surface area contributed by atoms with Gasteiger partial charge < -0.3 is 5.73 Å². The molecule has 0 amide bonds. The molecular formula is C15H19N3O2S. The van der Waals surface area contributed by atoms with Crippen molar-refractivity contribution < 1.29 is 8.42 Å². The Kier molecular flexibility index (Phi) is 4.59. The summed E-state index contributed by atoms with van der Waals surface area (Å²) < 4.78 is 27.9. The van der Waals surface area contributed by atoms with Crippen molar-refractivity contribution in [2.45, 2.75) is 31.7 Å². The molecule has 1 aromatic heterocycles. The number of nitrogens with two attached hydrogens (primary N) is 1. The van der Waals surface area contributed by atoms with Crippen LogP contribution >= 0.6 is 0 Å². The van der Waals surface area contributed by atoms with Crippen LogP contribution in [0.15, 0.2) is 41.4 Å². The second-order valence-corrected chi connectivity index (χ2v) is 6.37. The van der Waals surface area contributed by atoms with Crippen LogP contribution in [0, 0.1) is 6.92 Å². The van der Waals surface area contributed by atoms with Crippen LogP contribution in [-0.4, -0.2) is 13.4 Å². The van der Waals surface area contributed by atoms with Crippen LogP contribution in [-0.2, 0) is 23.0 Å². The lowest BCUT2D eigenvalue weighted by Crippen LogP contribution is -2.18. The van der Waals surface area contributed by atoms with Crippen LogP contribution in [0.25, 0.3) is 0 Å². The molecule has 1 aromatic carbocycles. The monoisotopic (exact) mass is 305 g/mol. The molecule has 21 heavy (non-hydrogen) atoms. The molecule has 0 bridgehead atoms. The molecule has 0 saturated carbocycles. The van der Waals surface area contributed by atoms with Crippen molar-refractivity contribution in [1.29, 1.82) is 0 Å². The number of para-hydroxylation sites is 1. The molecule has 1 heterocycles. The first-order chi connectivity index (χ1) is 9.99. The zero-order chi connectivity index (χ0) is 15.5. The zero-order valence-corrected chi connectivity index (χ0v) is 12.9. The van der Waals surface area contributed by atoms with Crippen molar-refractivity contribution in [2.75, 3.05) is 4.72 Å². The van der Waals surface area contributed by atoms with E-state index in [4.69, 9.17) is 5.73 Å². The summed E-state index contributed by atoms with van der Waals surface area (Å²) >= 11 is 0. The lowest BCUT2D eigenvalue weighted by Gasteiger charge is -2.15. The molecule has 0 fully saturated rings. The van der Waals surface area contributed by atoms with Gasteiger partial charge in [0.15, 0.2) is 0 Å². The summed E-state index contributed by atoms with van der Waals surface area (Å²) in [4.78, 5) is 4.15. The standard InChI is InChI=1S/C15H19N3O2S/c1-3-12-7-4-6-11(2)15(12)18-21(19,20)14-8-5-9-17-13(14)10-16/h4-9,18H,3,10,16H2,1-2H3. The fraction of sp³-hybridized carbons (Fsp3) is 0.267. The van der Waals surface area contributed by atoms with Crippen LogP contribution in [0.2, 0.25) is 0 Å². The second-order valence-electron chi connectivity index (χ2n) is 4.72. The highest BCUT2D eigenvalue weighted by atomic mass is 32.2. The fourth-order valence-corrected chi connectivity index (χ4v) is 3.55. The van der Waals surface area contributed by atoms with E-state index in [2.05, 4.69) is 9.71 Å². The fourth-order valence-electron chi connectivity index (χ4n) is 2.18. The van der Waals surface area contributed by atoms with Gasteiger partial charge in [-0.3, -0.25) is 9.71 Å². The van der Waals surface area contributed by atoms with Crippen molar-refractivity contribution >= 4 is 15.7 Å². The van der Waals surface area contributed by atoms with Crippen LogP contribution in [0.5, 0.6) is 0 Å². The van der Waals surface area contributed by atoms with Crippen molar-refractivity contribution in [3.8, 4) is 0 Å². The van der Waals surface area contributed by atoms with E-state index in [1.54, 1.807) is 6.07 Å². The van der Waals surface area contributed by atoms with E-state index in [9.17, 15) is 8.42 Å². The highest BCUT2D eigenvalue weighted by molar-refractivity contribution is 7.92. The number of anilines is 1. The van der Waals surface area contributed by atoms with Crippen LogP contribution in [0.1, 0.15) is 23.7 Å². The number of aromatic nitrogens is 1. The number of sulfonamides is 1. The van der Waals surface area contributed by atoms with Gasteiger partial charge in [-0.1, -0.05) is 25.1 Å². The number of nitrogens with one attached hydrogen (secondary N) is 1. The Balaban J connectivity index is 2.48. The summed E-state index contributed by atoms with van der Waals surface area (Å²) in [5.74, 6) is 0. The van der Waals surface area contributed by atoms with Crippen molar-refractivity contribution in [3.63, 3.8) is 0 Å². The van der Waals surface area contributed by atoms with E-state index in [0.29, 0.717) is 11.4 Å². The third-order valence-corrected chi connectivity index (χ3v) is 4.73. The molecule has 0 aliphatic carbocycles. The summed E-state index contributed by atoms with van der Waals surface area (Å²) in [7, 11) is -3.70. The van der Waals surface area contributed by atoms with E-state index < -0.39 is 10.0 Å². The first-order valence-electron chi connectivity index (χ1n) is 6.75. The van der Waals surface area contributed by atoms with Gasteiger partial charge in [0.2, 0.25) is 0 Å². The van der Waals surface area contributed by atoms with Crippen molar-refractivity contribution in [2.24, 2.45) is 5.73 Å². The molecule has 0 atom stereocenters. The van der Waals surface area contributed by atoms with Gasteiger partial charge in [0, 0.05) is 12.7 Å². The molecule has 0 radical (unpaired) electrons. The predicted octanol–water partition coefficient (Wildman–Crippen LogP) is 2.21. The lowest BCUT2D eigenvalue weighted by molar-refractivity contribution is 0.599. The average Bonchev–Trinajstić information content (AvgIpc) is 2.49. The SMILES string of the molecule is CCc1cccc(C)c1NS(=O)(=O)c1cccnc1CN. The van der Waals surface area contributed by atoms with E-state index in [1.165, 1.54) is 12.3 Å². The van der Waals surface area contributed by atoms with E-state index in [-0.39, 0.29) is 11.4 Å². The molecule has 0 aliphatic heterocycles. The zero-order valence-electron chi connectivity index (χ0n) is 12.1. The molecule has 3 N–H and O–H groups in total. The minimum Gasteiger partial charge on any atom is -0.325 e. The number of rotatable bonds is 5. The van der Waals surface area contributed by atoms with Crippen LogP contribution in [0.4, 0.5) is 5.69 Å². The Hall–Kier alpha value is -1.92. The maximum Gasteiger partial charge on any atom is 0.263 e. The third-order valence-electron chi connectivity index (χ3n) is 3.31. The number of hydrogen-bond donors (Lipinski definition) is 2. The summed E-state index contributed by atoms with van der Waals surface area (Å²) in [5, 5.41) is 0. The van der Waals surface area contributed by atoms with Gasteiger partial charge in [0.1, 0.15) is 4.90 Å². The molecular weight excluding hydrogens is 286 g/mol. The average molecular weight is 305 g/mol. The highest BCUT2D eigenvalue weighted by Crippen LogP contribution is 2.25. The van der Waals surface area contributed by atoms with Gasteiger partial charge in [-0.2, -0.15) is 0 Å². The van der Waals surface area contributed by atoms with Gasteiger partial charge in [0.05, 0.1) is 11.4 Å². The molecule has 0 aliphatic rings. The molecule has 5 nitrogen and oxygen atoms in total. The number of hydrogen-bond acceptors (Lipinski definition) is 4. The third kappa shape index (κ3) is 3.22. The van der Waals surface area contributed by atoms with Gasteiger partial charge >= 0.3 is 0 Å². The summed E-state index contributed by atoms with van der Waals surface area (Å²) in [6.07, 6.45) is 2.28. The predicted molar refractivity (Wildman–Crippen MR) is 83.5 cm³/mol. The number of nitrogens with zero attached hydrogens (tertiary/aromatic N) is 1. The lowest BCUT2D eigenvalue weighted by atomic mass is 10.1. The van der Waals surface area contributed by atoms with Gasteiger partial charge in [-0.05, 0) is 36.6 Å². The molecule has 0 unspecified atom stereocenters. The largest absolute Gasteiger partial charge is 0.325 e. The maximum atomic E-state index is 12.6. The maximum absolute atomic E-state index is 12.6. The Labute approximate surface area is 125 Å². The number of benzene rings is 1. The first kappa shape index (κ1) is 15.5. The molecule has 6 heteroatoms. The van der Waals surface area contributed by atoms with E-state index in [0.717, 1.165) is 17.5 Å². The summed E-state index contributed by atoms with van der Waals surface area (Å²) in [6, 6.07) is 8.82. The Morgan fingerprint density at radius 3 is 2.67 bits per heavy atom. The number of pyridine rings is 1. The molecule has 112 valence electrons. The molecule has 2 rings (SSSR count). The normalized spacial score (nSPS) is 11.4. The smallest absolute Gasteiger partial charge is 0.263 e. The van der Waals surface area contributed by atoms with Crippen molar-refractivity contribution in [1.82, 2.24) is 4.98 Å². The van der Waals surface area contributed by atoms with Gasteiger partial charge in [-0.15, -0.1) is 0 Å². The molecule has 0 spiro atoms. The minimum atomic E-state index is -3.70. The second kappa shape index (κ2) is 6.24. The van der Waals surface area contributed by atoms with Gasteiger partial charge in [0.25, 0.3) is 10.0 Å². The minimum absolute atomic E-state index is 0.0749. The van der Waals surface area contributed by atoms with Crippen LogP contribution < -0.4 is 10.5 Å². The highest BCUT2D eigenvalue weighted by Gasteiger charge is 2.20. The first-order valence-corrected chi connectivity index (χ1v) is 8.23. The van der Waals surface area contributed by atoms with Gasteiger partial charge in [-0.25, -0.2) is 8.42 Å². The Morgan fingerprint density at radius 1 is 1.24 bits per heavy atom. The molecule has 0 saturated heterocycles. The summed E-state index contributed by atoms with van der Waals surface area (Å²) in [5.41, 5.74) is 8.40. The molecule has 2 aromatic rings. The summed E-state index contributed by atoms with van der Waals surface area (Å²) in [6.45, 7) is 3.94. The Bertz CT molecular complexity index is 742. The topological polar surface area (TPSA) is 85.1 Å². The van der Waals surface area contributed by atoms with Crippen LogP contribution in [0.3, 0.4) is 0 Å². The quantitative estimate of drug-likeness (QED) is 0.887. The van der Waals surface area contributed by atoms with E-state index in [1.807, 2.05) is 32.0 Å². The van der Waals surface area contributed by atoms with E-state index >= 15 is 0 Å². The Morgan fingerprint density at radius 2 is 2.00 bits per heavy atom. The number of aryl methyl sites for hydroxylation is 2. The van der Waals surface area contributed by atoms with Crippen molar-refractivity contribution in [3.05, 3.63) is 53.3 Å².